The van der Waals surface area contributed by atoms with Crippen molar-refractivity contribution in [3.63, 3.8) is 0 Å². The van der Waals surface area contributed by atoms with E-state index in [-0.39, 0.29) is 10.6 Å². The first kappa shape index (κ1) is 19.9. The first-order valence-corrected chi connectivity index (χ1v) is 11.6. The van der Waals surface area contributed by atoms with Crippen LogP contribution in [0.15, 0.2) is 83.8 Å². The van der Waals surface area contributed by atoms with Crippen LogP contribution in [0.4, 0.5) is 11.4 Å². The molecule has 0 radical (unpaired) electrons. The Balaban J connectivity index is 1.72. The van der Waals surface area contributed by atoms with Crippen molar-refractivity contribution in [2.75, 3.05) is 9.44 Å². The standard InChI is InChI=1S/C20H20N2O4S2/c1-16-6-5-9-19(14-16)22-28(25,26)20-12-10-18(11-13-20)21-27(23,24)15-17-7-3-2-4-8-17/h2-14,21-22H,15H2,1H3. The van der Waals surface area contributed by atoms with Gasteiger partial charge in [0.25, 0.3) is 10.0 Å². The number of hydrogen-bond donors (Lipinski definition) is 2. The van der Waals surface area contributed by atoms with Crippen molar-refractivity contribution in [3.05, 3.63) is 90.0 Å². The quantitative estimate of drug-likeness (QED) is 0.614. The monoisotopic (exact) mass is 416 g/mol. The lowest BCUT2D eigenvalue weighted by Crippen LogP contribution is -2.16. The summed E-state index contributed by atoms with van der Waals surface area (Å²) in [5.74, 6) is -0.164. The van der Waals surface area contributed by atoms with Gasteiger partial charge in [-0.1, -0.05) is 42.5 Å². The molecule has 0 saturated heterocycles. The summed E-state index contributed by atoms with van der Waals surface area (Å²) in [6.45, 7) is 1.87. The van der Waals surface area contributed by atoms with E-state index in [4.69, 9.17) is 0 Å². The van der Waals surface area contributed by atoms with Crippen molar-refractivity contribution < 1.29 is 16.8 Å². The van der Waals surface area contributed by atoms with E-state index >= 15 is 0 Å². The lowest BCUT2D eigenvalue weighted by atomic mass is 10.2. The molecule has 0 atom stereocenters. The molecule has 0 fully saturated rings. The van der Waals surface area contributed by atoms with Crippen molar-refractivity contribution in [2.45, 2.75) is 17.6 Å². The van der Waals surface area contributed by atoms with Gasteiger partial charge in [0.05, 0.1) is 10.6 Å². The number of rotatable bonds is 7. The predicted molar refractivity (Wildman–Crippen MR) is 111 cm³/mol. The molecule has 0 aliphatic heterocycles. The third-order valence-electron chi connectivity index (χ3n) is 3.91. The summed E-state index contributed by atoms with van der Waals surface area (Å²) in [7, 11) is -7.37. The molecule has 0 bridgehead atoms. The third-order valence-corrected chi connectivity index (χ3v) is 6.57. The zero-order valence-corrected chi connectivity index (χ0v) is 16.8. The van der Waals surface area contributed by atoms with Crippen molar-refractivity contribution in [1.29, 1.82) is 0 Å². The largest absolute Gasteiger partial charge is 0.283 e. The summed E-state index contributed by atoms with van der Waals surface area (Å²) < 4.78 is 54.5. The normalized spacial score (nSPS) is 11.8. The Morgan fingerprint density at radius 1 is 0.714 bits per heavy atom. The molecule has 2 N–H and O–H groups in total. The first-order valence-electron chi connectivity index (χ1n) is 8.47. The average molecular weight is 417 g/mol. The summed E-state index contributed by atoms with van der Waals surface area (Å²) in [4.78, 5) is 0.0417. The average Bonchev–Trinajstić information content (AvgIpc) is 2.62. The molecule has 0 unspecified atom stereocenters. The zero-order chi connectivity index (χ0) is 20.2. The Hall–Kier alpha value is -2.84. The highest BCUT2D eigenvalue weighted by molar-refractivity contribution is 7.92. The molecule has 0 aliphatic carbocycles. The number of benzene rings is 3. The molecule has 0 aromatic heterocycles. The fourth-order valence-corrected chi connectivity index (χ4v) is 4.88. The van der Waals surface area contributed by atoms with Gasteiger partial charge in [0, 0.05) is 11.4 Å². The van der Waals surface area contributed by atoms with E-state index in [0.717, 1.165) is 5.56 Å². The van der Waals surface area contributed by atoms with E-state index in [2.05, 4.69) is 9.44 Å². The molecule has 3 rings (SSSR count). The van der Waals surface area contributed by atoms with Crippen LogP contribution in [0.5, 0.6) is 0 Å². The Labute approximate surface area is 165 Å². The third kappa shape index (κ3) is 5.34. The minimum atomic E-state index is -3.77. The van der Waals surface area contributed by atoms with Crippen LogP contribution in [0.3, 0.4) is 0 Å². The molecule has 6 nitrogen and oxygen atoms in total. The van der Waals surface area contributed by atoms with Crippen LogP contribution in [0.2, 0.25) is 0 Å². The van der Waals surface area contributed by atoms with Gasteiger partial charge in [-0.05, 0) is 54.4 Å². The second-order valence-corrected chi connectivity index (χ2v) is 9.75. The summed E-state index contributed by atoms with van der Waals surface area (Å²) in [5.41, 5.74) is 2.36. The number of aryl methyl sites for hydroxylation is 1. The number of hydrogen-bond acceptors (Lipinski definition) is 4. The van der Waals surface area contributed by atoms with Crippen molar-refractivity contribution in [1.82, 2.24) is 0 Å². The summed E-state index contributed by atoms with van der Waals surface area (Å²) in [6, 6.07) is 21.4. The first-order chi connectivity index (χ1) is 13.2. The maximum atomic E-state index is 12.5. The topological polar surface area (TPSA) is 92.3 Å². The zero-order valence-electron chi connectivity index (χ0n) is 15.2. The minimum absolute atomic E-state index is 0.0417. The van der Waals surface area contributed by atoms with Crippen molar-refractivity contribution >= 4 is 31.4 Å². The molecule has 8 heteroatoms. The van der Waals surface area contributed by atoms with E-state index in [1.54, 1.807) is 42.5 Å². The molecule has 0 saturated carbocycles. The smallest absolute Gasteiger partial charge is 0.261 e. The summed E-state index contributed by atoms with van der Waals surface area (Å²) >= 11 is 0. The number of nitrogens with one attached hydrogen (secondary N) is 2. The van der Waals surface area contributed by atoms with Gasteiger partial charge >= 0.3 is 0 Å². The molecule has 146 valence electrons. The molecule has 3 aromatic carbocycles. The minimum Gasteiger partial charge on any atom is -0.283 e. The molecule has 28 heavy (non-hydrogen) atoms. The van der Waals surface area contributed by atoms with Crippen LogP contribution in [0, 0.1) is 6.92 Å². The maximum Gasteiger partial charge on any atom is 0.261 e. The predicted octanol–water partition coefficient (Wildman–Crippen LogP) is 3.74. The number of anilines is 2. The highest BCUT2D eigenvalue weighted by atomic mass is 32.2. The van der Waals surface area contributed by atoms with Gasteiger partial charge in [-0.2, -0.15) is 0 Å². The van der Waals surface area contributed by atoms with Crippen molar-refractivity contribution in [2.24, 2.45) is 0 Å². The van der Waals surface area contributed by atoms with E-state index in [9.17, 15) is 16.8 Å². The van der Waals surface area contributed by atoms with E-state index in [1.807, 2.05) is 19.1 Å². The van der Waals surface area contributed by atoms with Crippen LogP contribution in [-0.4, -0.2) is 16.8 Å². The molecule has 0 aliphatic rings. The van der Waals surface area contributed by atoms with Crippen LogP contribution >= 0.6 is 0 Å². The molecule has 0 spiro atoms. The van der Waals surface area contributed by atoms with Gasteiger partial charge in [-0.15, -0.1) is 0 Å². The Bertz CT molecular complexity index is 1160. The Morgan fingerprint density at radius 2 is 1.39 bits per heavy atom. The van der Waals surface area contributed by atoms with E-state index in [1.165, 1.54) is 24.3 Å². The fraction of sp³-hybridized carbons (Fsp3) is 0.100. The molecule has 3 aromatic rings. The lowest BCUT2D eigenvalue weighted by Gasteiger charge is -2.11. The number of sulfonamides is 2. The Kier molecular flexibility index (Phi) is 5.71. The van der Waals surface area contributed by atoms with Gasteiger partial charge in [-0.3, -0.25) is 9.44 Å². The van der Waals surface area contributed by atoms with Crippen LogP contribution in [0.25, 0.3) is 0 Å². The molecular formula is C20H20N2O4S2. The highest BCUT2D eigenvalue weighted by Gasteiger charge is 2.16. The molecule has 0 heterocycles. The van der Waals surface area contributed by atoms with Crippen LogP contribution < -0.4 is 9.44 Å². The van der Waals surface area contributed by atoms with Crippen molar-refractivity contribution in [3.8, 4) is 0 Å². The Morgan fingerprint density at radius 3 is 2.04 bits per heavy atom. The SMILES string of the molecule is Cc1cccc(NS(=O)(=O)c2ccc(NS(=O)(=O)Cc3ccccc3)cc2)c1. The lowest BCUT2D eigenvalue weighted by molar-refractivity contribution is 0.599. The van der Waals surface area contributed by atoms with Crippen LogP contribution in [0.1, 0.15) is 11.1 Å². The van der Waals surface area contributed by atoms with Crippen LogP contribution in [-0.2, 0) is 25.8 Å². The second-order valence-electron chi connectivity index (χ2n) is 6.35. The summed E-state index contributed by atoms with van der Waals surface area (Å²) in [6.07, 6.45) is 0. The fourth-order valence-electron chi connectivity index (χ4n) is 2.63. The van der Waals surface area contributed by atoms with Gasteiger partial charge in [0.2, 0.25) is 10.0 Å². The van der Waals surface area contributed by atoms with Gasteiger partial charge < -0.3 is 0 Å². The molecular weight excluding hydrogens is 396 g/mol. The second kappa shape index (κ2) is 8.04. The van der Waals surface area contributed by atoms with Gasteiger partial charge in [-0.25, -0.2) is 16.8 Å². The summed E-state index contributed by atoms with van der Waals surface area (Å²) in [5, 5.41) is 0. The molecule has 0 amide bonds. The highest BCUT2D eigenvalue weighted by Crippen LogP contribution is 2.20. The van der Waals surface area contributed by atoms with E-state index < -0.39 is 20.0 Å². The van der Waals surface area contributed by atoms with Gasteiger partial charge in [0.15, 0.2) is 0 Å². The van der Waals surface area contributed by atoms with Gasteiger partial charge in [0.1, 0.15) is 0 Å². The maximum absolute atomic E-state index is 12.5. The van der Waals surface area contributed by atoms with E-state index in [0.29, 0.717) is 16.9 Å².